The van der Waals surface area contributed by atoms with Crippen molar-refractivity contribution in [3.63, 3.8) is 0 Å². The van der Waals surface area contributed by atoms with E-state index in [-0.39, 0.29) is 36.6 Å². The molecule has 2 amide bonds. The summed E-state index contributed by atoms with van der Waals surface area (Å²) in [7, 11) is 3.14. The summed E-state index contributed by atoms with van der Waals surface area (Å²) in [4.78, 5) is 27.9. The molecule has 0 bridgehead atoms. The van der Waals surface area contributed by atoms with Crippen molar-refractivity contribution in [2.45, 2.75) is 65.1 Å². The summed E-state index contributed by atoms with van der Waals surface area (Å²) >= 11 is 0. The number of ether oxygens (including phenoxy) is 2. The number of hydrogen-bond acceptors (Lipinski definition) is 4. The van der Waals surface area contributed by atoms with Crippen LogP contribution >= 0.6 is 0 Å². The predicted molar refractivity (Wildman–Crippen MR) is 127 cm³/mol. The van der Waals surface area contributed by atoms with Crippen molar-refractivity contribution in [3.8, 4) is 11.5 Å². The molecule has 0 saturated heterocycles. The first-order valence-corrected chi connectivity index (χ1v) is 11.4. The number of carbonyl (C=O) groups excluding carboxylic acids is 2. The molecule has 33 heavy (non-hydrogen) atoms. The molecular formula is C26H35FN2O4. The van der Waals surface area contributed by atoms with E-state index in [9.17, 15) is 14.0 Å². The number of halogens is 1. The number of rotatable bonds is 12. The van der Waals surface area contributed by atoms with Crippen LogP contribution in [-0.2, 0) is 22.6 Å². The molecule has 6 nitrogen and oxygen atoms in total. The molecule has 0 saturated carbocycles. The van der Waals surface area contributed by atoms with E-state index in [0.717, 1.165) is 17.5 Å². The zero-order valence-electron chi connectivity index (χ0n) is 20.2. The first-order valence-electron chi connectivity index (χ1n) is 11.4. The fourth-order valence-electron chi connectivity index (χ4n) is 3.58. The van der Waals surface area contributed by atoms with E-state index in [1.165, 1.54) is 12.1 Å². The van der Waals surface area contributed by atoms with Crippen LogP contribution in [0.2, 0.25) is 0 Å². The van der Waals surface area contributed by atoms with E-state index in [0.29, 0.717) is 24.3 Å². The van der Waals surface area contributed by atoms with Gasteiger partial charge in [0.15, 0.2) is 11.5 Å². The molecule has 0 spiro atoms. The maximum Gasteiger partial charge on any atom is 0.243 e. The van der Waals surface area contributed by atoms with Crippen LogP contribution in [0, 0.1) is 5.82 Å². The van der Waals surface area contributed by atoms with Gasteiger partial charge in [0.25, 0.3) is 0 Å². The molecule has 2 aromatic carbocycles. The zero-order valence-corrected chi connectivity index (χ0v) is 20.2. The lowest BCUT2D eigenvalue weighted by Crippen LogP contribution is -2.50. The van der Waals surface area contributed by atoms with Crippen molar-refractivity contribution in [2.24, 2.45) is 0 Å². The quantitative estimate of drug-likeness (QED) is 0.509. The minimum atomic E-state index is -0.609. The van der Waals surface area contributed by atoms with Gasteiger partial charge >= 0.3 is 0 Å². The van der Waals surface area contributed by atoms with Crippen molar-refractivity contribution in [1.82, 2.24) is 10.2 Å². The topological polar surface area (TPSA) is 67.9 Å². The first kappa shape index (κ1) is 26.2. The molecule has 2 atom stereocenters. The van der Waals surface area contributed by atoms with Gasteiger partial charge in [0.1, 0.15) is 11.9 Å². The second kappa shape index (κ2) is 12.8. The van der Waals surface area contributed by atoms with Crippen LogP contribution < -0.4 is 14.8 Å². The highest BCUT2D eigenvalue weighted by Gasteiger charge is 2.29. The number of aryl methyl sites for hydroxylation is 1. The Kier molecular flexibility index (Phi) is 10.2. The third-order valence-corrected chi connectivity index (χ3v) is 5.73. The van der Waals surface area contributed by atoms with Crippen molar-refractivity contribution in [2.75, 3.05) is 14.2 Å². The minimum absolute atomic E-state index is 0.0149. The van der Waals surface area contributed by atoms with Gasteiger partial charge < -0.3 is 19.7 Å². The van der Waals surface area contributed by atoms with Crippen molar-refractivity contribution < 1.29 is 23.5 Å². The summed E-state index contributed by atoms with van der Waals surface area (Å²) in [6.45, 7) is 6.06. The molecule has 0 fully saturated rings. The standard InChI is InChI=1S/C26H35FN2O4/c1-6-18(3)28-26(31)22(7-2)29(17-20-8-12-21(27)13-9-20)25(30)15-11-19-10-14-23(32-4)24(16-19)33-5/h8-10,12-14,16,18,22H,6-7,11,15,17H2,1-5H3,(H,28,31)/t18-,22+/m0/s1. The number of methoxy groups -OCH3 is 2. The molecular weight excluding hydrogens is 423 g/mol. The fraction of sp³-hybridized carbons (Fsp3) is 0.462. The summed E-state index contributed by atoms with van der Waals surface area (Å²) in [5, 5.41) is 2.99. The van der Waals surface area contributed by atoms with Crippen LogP contribution in [0.1, 0.15) is 51.2 Å². The SMILES string of the molecule is CC[C@H](C(=O)N[C@@H](C)CC)N(Cc1ccc(F)cc1)C(=O)CCc1ccc(OC)c(OC)c1. The largest absolute Gasteiger partial charge is 0.493 e. The summed E-state index contributed by atoms with van der Waals surface area (Å²) < 4.78 is 24.0. The molecule has 7 heteroatoms. The second-order valence-corrected chi connectivity index (χ2v) is 8.08. The third kappa shape index (κ3) is 7.48. The number of nitrogens with zero attached hydrogens (tertiary/aromatic N) is 1. The molecule has 0 aliphatic rings. The summed E-state index contributed by atoms with van der Waals surface area (Å²) in [5.41, 5.74) is 1.70. The average Bonchev–Trinajstić information content (AvgIpc) is 2.83. The maximum atomic E-state index is 13.4. The Balaban J connectivity index is 2.22. The van der Waals surface area contributed by atoms with Crippen molar-refractivity contribution >= 4 is 11.8 Å². The molecule has 0 aromatic heterocycles. The Morgan fingerprint density at radius 2 is 1.61 bits per heavy atom. The first-order chi connectivity index (χ1) is 15.8. The molecule has 0 heterocycles. The number of hydrogen-bond donors (Lipinski definition) is 1. The zero-order chi connectivity index (χ0) is 24.4. The normalized spacial score (nSPS) is 12.5. The lowest BCUT2D eigenvalue weighted by molar-refractivity contribution is -0.141. The van der Waals surface area contributed by atoms with Gasteiger partial charge in [-0.15, -0.1) is 0 Å². The molecule has 180 valence electrons. The monoisotopic (exact) mass is 458 g/mol. The Labute approximate surface area is 196 Å². The molecule has 0 aliphatic carbocycles. The summed E-state index contributed by atoms with van der Waals surface area (Å²) in [6, 6.07) is 11.0. The molecule has 0 unspecified atom stereocenters. The van der Waals surface area contributed by atoms with Crippen molar-refractivity contribution in [3.05, 3.63) is 59.4 Å². The number of carbonyl (C=O) groups is 2. The van der Waals surface area contributed by atoms with Gasteiger partial charge in [-0.2, -0.15) is 0 Å². The highest BCUT2D eigenvalue weighted by molar-refractivity contribution is 5.88. The number of amides is 2. The summed E-state index contributed by atoms with van der Waals surface area (Å²) in [6.07, 6.45) is 1.99. The Bertz CT molecular complexity index is 917. The smallest absolute Gasteiger partial charge is 0.243 e. The summed E-state index contributed by atoms with van der Waals surface area (Å²) in [5.74, 6) is 0.573. The van der Waals surface area contributed by atoms with E-state index in [1.807, 2.05) is 39.0 Å². The maximum absolute atomic E-state index is 13.4. The molecule has 0 radical (unpaired) electrons. The van der Waals surface area contributed by atoms with Crippen LogP contribution in [-0.4, -0.2) is 43.0 Å². The minimum Gasteiger partial charge on any atom is -0.493 e. The average molecular weight is 459 g/mol. The van der Waals surface area contributed by atoms with E-state index >= 15 is 0 Å². The Morgan fingerprint density at radius 3 is 2.18 bits per heavy atom. The van der Waals surface area contributed by atoms with Gasteiger partial charge in [0, 0.05) is 19.0 Å². The molecule has 1 N–H and O–H groups in total. The number of nitrogens with one attached hydrogen (secondary N) is 1. The van der Waals surface area contributed by atoms with Crippen LogP contribution in [0.3, 0.4) is 0 Å². The van der Waals surface area contributed by atoms with Gasteiger partial charge in [0.2, 0.25) is 11.8 Å². The highest BCUT2D eigenvalue weighted by Crippen LogP contribution is 2.28. The predicted octanol–water partition coefficient (Wildman–Crippen LogP) is 4.50. The Morgan fingerprint density at radius 1 is 0.970 bits per heavy atom. The third-order valence-electron chi connectivity index (χ3n) is 5.73. The lowest BCUT2D eigenvalue weighted by atomic mass is 10.1. The van der Waals surface area contributed by atoms with Crippen LogP contribution in [0.25, 0.3) is 0 Å². The molecule has 2 rings (SSSR count). The van der Waals surface area contributed by atoms with E-state index in [1.54, 1.807) is 31.3 Å². The van der Waals surface area contributed by atoms with Crippen LogP contribution in [0.4, 0.5) is 4.39 Å². The van der Waals surface area contributed by atoms with Crippen molar-refractivity contribution in [1.29, 1.82) is 0 Å². The van der Waals surface area contributed by atoms with Gasteiger partial charge in [0.05, 0.1) is 14.2 Å². The highest BCUT2D eigenvalue weighted by atomic mass is 19.1. The van der Waals surface area contributed by atoms with Gasteiger partial charge in [-0.25, -0.2) is 4.39 Å². The van der Waals surface area contributed by atoms with Gasteiger partial charge in [-0.05, 0) is 61.6 Å². The van der Waals surface area contributed by atoms with Gasteiger partial charge in [-0.3, -0.25) is 9.59 Å². The second-order valence-electron chi connectivity index (χ2n) is 8.08. The van der Waals surface area contributed by atoms with Crippen LogP contribution in [0.5, 0.6) is 11.5 Å². The lowest BCUT2D eigenvalue weighted by Gasteiger charge is -2.31. The molecule has 0 aliphatic heterocycles. The Hall–Kier alpha value is -3.09. The van der Waals surface area contributed by atoms with E-state index in [4.69, 9.17) is 9.47 Å². The number of benzene rings is 2. The molecule has 2 aromatic rings. The fourth-order valence-corrected chi connectivity index (χ4v) is 3.58. The van der Waals surface area contributed by atoms with E-state index in [2.05, 4.69) is 5.32 Å². The van der Waals surface area contributed by atoms with Gasteiger partial charge in [-0.1, -0.05) is 32.0 Å². The van der Waals surface area contributed by atoms with E-state index < -0.39 is 6.04 Å². The van der Waals surface area contributed by atoms with Crippen LogP contribution in [0.15, 0.2) is 42.5 Å².